The Kier molecular flexibility index (Phi) is 5.04. The maximum Gasteiger partial charge on any atom is 0.224 e. The molecule has 0 unspecified atom stereocenters. The molecule has 0 spiro atoms. The summed E-state index contributed by atoms with van der Waals surface area (Å²) in [7, 11) is -3.27. The van der Waals surface area contributed by atoms with Crippen molar-refractivity contribution in [3.05, 3.63) is 24.3 Å². The SMILES string of the molecule is CC(C)CC(=O)Nc1cccc(S(=O)(=O)C2CCCC2)c1. The van der Waals surface area contributed by atoms with Gasteiger partial charge in [0.05, 0.1) is 10.1 Å². The number of hydrogen-bond acceptors (Lipinski definition) is 3. The van der Waals surface area contributed by atoms with Gasteiger partial charge in [-0.2, -0.15) is 0 Å². The van der Waals surface area contributed by atoms with Gasteiger partial charge in [-0.15, -0.1) is 0 Å². The number of anilines is 1. The topological polar surface area (TPSA) is 63.2 Å². The van der Waals surface area contributed by atoms with E-state index in [9.17, 15) is 13.2 Å². The summed E-state index contributed by atoms with van der Waals surface area (Å²) in [4.78, 5) is 12.1. The van der Waals surface area contributed by atoms with Crippen molar-refractivity contribution in [2.24, 2.45) is 5.92 Å². The third-order valence-electron chi connectivity index (χ3n) is 3.78. The van der Waals surface area contributed by atoms with Gasteiger partial charge in [-0.25, -0.2) is 8.42 Å². The van der Waals surface area contributed by atoms with E-state index in [0.29, 0.717) is 17.0 Å². The fraction of sp³-hybridized carbons (Fsp3) is 0.562. The van der Waals surface area contributed by atoms with Crippen molar-refractivity contribution < 1.29 is 13.2 Å². The Morgan fingerprint density at radius 3 is 2.57 bits per heavy atom. The van der Waals surface area contributed by atoms with E-state index < -0.39 is 9.84 Å². The fourth-order valence-electron chi connectivity index (χ4n) is 2.72. The summed E-state index contributed by atoms with van der Waals surface area (Å²) in [6.07, 6.45) is 3.88. The Morgan fingerprint density at radius 2 is 1.95 bits per heavy atom. The Morgan fingerprint density at radius 1 is 1.29 bits per heavy atom. The first-order valence-electron chi connectivity index (χ1n) is 7.53. The van der Waals surface area contributed by atoms with Crippen molar-refractivity contribution in [2.45, 2.75) is 56.1 Å². The van der Waals surface area contributed by atoms with Crippen LogP contribution < -0.4 is 5.32 Å². The molecule has 1 aliphatic rings. The minimum Gasteiger partial charge on any atom is -0.326 e. The normalized spacial score (nSPS) is 16.3. The van der Waals surface area contributed by atoms with Gasteiger partial charge in [0.25, 0.3) is 0 Å². The van der Waals surface area contributed by atoms with Crippen molar-refractivity contribution in [3.63, 3.8) is 0 Å². The van der Waals surface area contributed by atoms with E-state index in [1.54, 1.807) is 24.3 Å². The lowest BCUT2D eigenvalue weighted by atomic mass is 10.1. The highest BCUT2D eigenvalue weighted by atomic mass is 32.2. The highest BCUT2D eigenvalue weighted by molar-refractivity contribution is 7.92. The Balaban J connectivity index is 2.15. The molecule has 1 aliphatic carbocycles. The van der Waals surface area contributed by atoms with Crippen molar-refractivity contribution in [1.29, 1.82) is 0 Å². The second-order valence-electron chi connectivity index (χ2n) is 6.13. The lowest BCUT2D eigenvalue weighted by Crippen LogP contribution is -2.18. The Bertz CT molecular complexity index is 602. The van der Waals surface area contributed by atoms with E-state index >= 15 is 0 Å². The van der Waals surface area contributed by atoms with Crippen LogP contribution in [0.2, 0.25) is 0 Å². The zero-order chi connectivity index (χ0) is 15.5. The van der Waals surface area contributed by atoms with E-state index in [1.165, 1.54) is 0 Å². The standard InChI is InChI=1S/C16H23NO3S/c1-12(2)10-16(18)17-13-6-5-9-15(11-13)21(19,20)14-7-3-4-8-14/h5-6,9,11-12,14H,3-4,7-8,10H2,1-2H3,(H,17,18). The lowest BCUT2D eigenvalue weighted by Gasteiger charge is -2.13. The number of benzene rings is 1. The molecule has 0 aliphatic heterocycles. The van der Waals surface area contributed by atoms with E-state index in [1.807, 2.05) is 13.8 Å². The maximum atomic E-state index is 12.5. The number of hydrogen-bond donors (Lipinski definition) is 1. The summed E-state index contributed by atoms with van der Waals surface area (Å²) < 4.78 is 25.1. The van der Waals surface area contributed by atoms with Gasteiger partial charge in [-0.1, -0.05) is 32.8 Å². The summed E-state index contributed by atoms with van der Waals surface area (Å²) in [5.74, 6) is 0.191. The molecule has 0 radical (unpaired) electrons. The van der Waals surface area contributed by atoms with Crippen LogP contribution in [-0.2, 0) is 14.6 Å². The number of carbonyl (C=O) groups is 1. The van der Waals surface area contributed by atoms with Crippen LogP contribution in [-0.4, -0.2) is 19.6 Å². The van der Waals surface area contributed by atoms with Crippen LogP contribution in [0.3, 0.4) is 0 Å². The van der Waals surface area contributed by atoms with Crippen molar-refractivity contribution >= 4 is 21.4 Å². The van der Waals surface area contributed by atoms with Crippen LogP contribution in [0.1, 0.15) is 46.0 Å². The zero-order valence-electron chi connectivity index (χ0n) is 12.6. The van der Waals surface area contributed by atoms with Crippen LogP contribution >= 0.6 is 0 Å². The molecular formula is C16H23NO3S. The molecule has 1 saturated carbocycles. The van der Waals surface area contributed by atoms with E-state index in [4.69, 9.17) is 0 Å². The Hall–Kier alpha value is -1.36. The largest absolute Gasteiger partial charge is 0.326 e. The smallest absolute Gasteiger partial charge is 0.224 e. The molecule has 1 fully saturated rings. The summed E-state index contributed by atoms with van der Waals surface area (Å²) >= 11 is 0. The minimum absolute atomic E-state index is 0.0829. The van der Waals surface area contributed by atoms with Crippen molar-refractivity contribution in [1.82, 2.24) is 0 Å². The maximum absolute atomic E-state index is 12.5. The fourth-order valence-corrected chi connectivity index (χ4v) is 4.62. The van der Waals surface area contributed by atoms with E-state index in [0.717, 1.165) is 25.7 Å². The molecule has 0 atom stereocenters. The molecule has 1 aromatic rings. The van der Waals surface area contributed by atoms with Gasteiger partial charge in [0.1, 0.15) is 0 Å². The second-order valence-corrected chi connectivity index (χ2v) is 8.35. The number of carbonyl (C=O) groups excluding carboxylic acids is 1. The first kappa shape index (κ1) is 16.0. The van der Waals surface area contributed by atoms with Gasteiger partial charge in [-0.05, 0) is 37.0 Å². The molecule has 0 heterocycles. The van der Waals surface area contributed by atoms with Gasteiger partial charge < -0.3 is 5.32 Å². The number of sulfone groups is 1. The molecule has 0 saturated heterocycles. The number of amides is 1. The Labute approximate surface area is 126 Å². The van der Waals surface area contributed by atoms with Crippen LogP contribution in [0.5, 0.6) is 0 Å². The van der Waals surface area contributed by atoms with Gasteiger partial charge >= 0.3 is 0 Å². The predicted octanol–water partition coefficient (Wildman–Crippen LogP) is 3.39. The van der Waals surface area contributed by atoms with Gasteiger partial charge in [0.2, 0.25) is 5.91 Å². The van der Waals surface area contributed by atoms with Gasteiger partial charge in [-0.3, -0.25) is 4.79 Å². The molecule has 1 N–H and O–H groups in total. The first-order chi connectivity index (χ1) is 9.89. The summed E-state index contributed by atoms with van der Waals surface area (Å²) in [6.45, 7) is 3.95. The van der Waals surface area contributed by atoms with E-state index in [-0.39, 0.29) is 17.1 Å². The summed E-state index contributed by atoms with van der Waals surface area (Å²) in [5, 5.41) is 2.51. The number of rotatable bonds is 5. The molecule has 116 valence electrons. The molecule has 0 bridgehead atoms. The second kappa shape index (κ2) is 6.60. The third kappa shape index (κ3) is 4.06. The van der Waals surface area contributed by atoms with E-state index in [2.05, 4.69) is 5.32 Å². The minimum atomic E-state index is -3.27. The van der Waals surface area contributed by atoms with Gasteiger partial charge in [0.15, 0.2) is 9.84 Å². The molecule has 4 nitrogen and oxygen atoms in total. The molecule has 2 rings (SSSR count). The molecule has 5 heteroatoms. The first-order valence-corrected chi connectivity index (χ1v) is 9.08. The van der Waals surface area contributed by atoms with Crippen LogP contribution in [0.15, 0.2) is 29.2 Å². The highest BCUT2D eigenvalue weighted by Gasteiger charge is 2.30. The van der Waals surface area contributed by atoms with Crippen LogP contribution in [0, 0.1) is 5.92 Å². The molecule has 21 heavy (non-hydrogen) atoms. The van der Waals surface area contributed by atoms with Gasteiger partial charge in [0, 0.05) is 12.1 Å². The van der Waals surface area contributed by atoms with Crippen molar-refractivity contribution in [3.8, 4) is 0 Å². The molecule has 0 aromatic heterocycles. The summed E-state index contributed by atoms with van der Waals surface area (Å²) in [5.41, 5.74) is 0.555. The predicted molar refractivity (Wildman–Crippen MR) is 84.0 cm³/mol. The average molecular weight is 309 g/mol. The average Bonchev–Trinajstić information content (AvgIpc) is 2.92. The molecular weight excluding hydrogens is 286 g/mol. The van der Waals surface area contributed by atoms with Crippen LogP contribution in [0.4, 0.5) is 5.69 Å². The van der Waals surface area contributed by atoms with Crippen LogP contribution in [0.25, 0.3) is 0 Å². The number of nitrogens with one attached hydrogen (secondary N) is 1. The lowest BCUT2D eigenvalue weighted by molar-refractivity contribution is -0.116. The van der Waals surface area contributed by atoms with Crippen molar-refractivity contribution in [2.75, 3.05) is 5.32 Å². The summed E-state index contributed by atoms with van der Waals surface area (Å²) in [6, 6.07) is 6.61. The molecule has 1 aromatic carbocycles. The zero-order valence-corrected chi connectivity index (χ0v) is 13.4. The third-order valence-corrected chi connectivity index (χ3v) is 6.04. The molecule has 1 amide bonds. The monoisotopic (exact) mass is 309 g/mol. The quantitative estimate of drug-likeness (QED) is 0.907. The highest BCUT2D eigenvalue weighted by Crippen LogP contribution is 2.30.